The second kappa shape index (κ2) is 14.9. The van der Waals surface area contributed by atoms with Gasteiger partial charge in [-0.05, 0) is 66.9 Å². The van der Waals surface area contributed by atoms with Crippen molar-refractivity contribution in [3.8, 4) is 0 Å². The minimum atomic E-state index is -1.20. The summed E-state index contributed by atoms with van der Waals surface area (Å²) in [7, 11) is 0. The average Bonchev–Trinajstić information content (AvgIpc) is 2.76. The van der Waals surface area contributed by atoms with Gasteiger partial charge in [0.25, 0.3) is 0 Å². The summed E-state index contributed by atoms with van der Waals surface area (Å²) < 4.78 is 5.58. The van der Waals surface area contributed by atoms with Crippen molar-refractivity contribution < 1.29 is 38.9 Å². The predicted molar refractivity (Wildman–Crippen MR) is 145 cm³/mol. The predicted octanol–water partition coefficient (Wildman–Crippen LogP) is 4.99. The highest BCUT2D eigenvalue weighted by Gasteiger charge is 2.18. The van der Waals surface area contributed by atoms with Crippen LogP contribution in [0.3, 0.4) is 0 Å². The Labute approximate surface area is 230 Å². The molecule has 0 radical (unpaired) electrons. The molecule has 0 aliphatic rings. The molecule has 0 bridgehead atoms. The van der Waals surface area contributed by atoms with Crippen molar-refractivity contribution in [2.75, 3.05) is 17.2 Å². The summed E-state index contributed by atoms with van der Waals surface area (Å²) in [6.45, 7) is 7.58. The molecule has 0 aliphatic carbocycles. The van der Waals surface area contributed by atoms with E-state index < -0.39 is 36.1 Å². The summed E-state index contributed by atoms with van der Waals surface area (Å²) in [5.74, 6) is -4.09. The minimum Gasteiger partial charge on any atom is -0.478 e. The van der Waals surface area contributed by atoms with Crippen molar-refractivity contribution in [1.29, 1.82) is 0 Å². The highest BCUT2D eigenvalue weighted by atomic mass is 79.9. The monoisotopic (exact) mass is 640 g/mol. The maximum Gasteiger partial charge on any atom is 0.337 e. The zero-order valence-corrected chi connectivity index (χ0v) is 23.7. The molecule has 2 aromatic carbocycles. The molecule has 37 heavy (non-hydrogen) atoms. The van der Waals surface area contributed by atoms with Crippen molar-refractivity contribution in [1.82, 2.24) is 0 Å². The van der Waals surface area contributed by atoms with Crippen LogP contribution in [0, 0.1) is 20.8 Å². The Morgan fingerprint density at radius 2 is 1.49 bits per heavy atom. The van der Waals surface area contributed by atoms with Crippen LogP contribution >= 0.6 is 31.9 Å². The van der Waals surface area contributed by atoms with Gasteiger partial charge in [0, 0.05) is 26.8 Å². The molecular formula is C25H26Br2N2O8. The lowest BCUT2D eigenvalue weighted by Crippen LogP contribution is -2.20. The van der Waals surface area contributed by atoms with Crippen molar-refractivity contribution in [2.24, 2.45) is 0 Å². The van der Waals surface area contributed by atoms with Gasteiger partial charge in [0.1, 0.15) is 6.42 Å². The molecule has 2 aromatic rings. The van der Waals surface area contributed by atoms with Gasteiger partial charge in [0.15, 0.2) is 0 Å². The first-order chi connectivity index (χ1) is 17.2. The first-order valence-electron chi connectivity index (χ1n) is 10.7. The fourth-order valence-electron chi connectivity index (χ4n) is 3.09. The number of anilines is 2. The molecule has 0 spiro atoms. The molecule has 0 fully saturated rings. The Morgan fingerprint density at radius 3 is 2.00 bits per heavy atom. The maximum absolute atomic E-state index is 11.7. The second-order valence-electron chi connectivity index (χ2n) is 7.58. The van der Waals surface area contributed by atoms with Crippen molar-refractivity contribution >= 4 is 73.0 Å². The number of amides is 2. The Morgan fingerprint density at radius 1 is 0.892 bits per heavy atom. The third-order valence-corrected chi connectivity index (χ3v) is 5.55. The van der Waals surface area contributed by atoms with Crippen LogP contribution < -0.4 is 10.6 Å². The van der Waals surface area contributed by atoms with Gasteiger partial charge in [0.05, 0.1) is 17.9 Å². The highest BCUT2D eigenvalue weighted by Crippen LogP contribution is 2.31. The summed E-state index contributed by atoms with van der Waals surface area (Å²) in [6, 6.07) is 6.87. The molecule has 2 rings (SSSR count). The topological polar surface area (TPSA) is 159 Å². The van der Waals surface area contributed by atoms with E-state index in [0.717, 1.165) is 34.5 Å². The van der Waals surface area contributed by atoms with Gasteiger partial charge in [-0.3, -0.25) is 14.4 Å². The number of rotatable bonds is 8. The number of aromatic carboxylic acids is 1. The van der Waals surface area contributed by atoms with E-state index in [4.69, 9.17) is 10.2 Å². The SMILES string of the molecule is CCOC(=O)CC(=O)Nc1c(Br)cc(Br)cc1C(=O)O.Cc1cc(C)c(NC(=O)/C=C\C(=O)O)c(C)c1. The molecule has 198 valence electrons. The van der Waals surface area contributed by atoms with Crippen LogP contribution in [-0.4, -0.2) is 46.5 Å². The first kappa shape index (κ1) is 31.5. The number of carboxylic acid groups (broad SMARTS) is 2. The smallest absolute Gasteiger partial charge is 0.337 e. The summed E-state index contributed by atoms with van der Waals surface area (Å²) in [6.07, 6.45) is 1.34. The van der Waals surface area contributed by atoms with Crippen LogP contribution in [0.15, 0.2) is 45.4 Å². The molecule has 0 aliphatic heterocycles. The van der Waals surface area contributed by atoms with E-state index in [2.05, 4.69) is 47.2 Å². The van der Waals surface area contributed by atoms with Crippen LogP contribution in [0.1, 0.15) is 40.4 Å². The van der Waals surface area contributed by atoms with Gasteiger partial charge in [-0.15, -0.1) is 0 Å². The lowest BCUT2D eigenvalue weighted by atomic mass is 10.1. The van der Waals surface area contributed by atoms with E-state index in [1.165, 1.54) is 6.07 Å². The van der Waals surface area contributed by atoms with Crippen LogP contribution in [-0.2, 0) is 23.9 Å². The number of carbonyl (C=O) groups is 5. The van der Waals surface area contributed by atoms with E-state index in [0.29, 0.717) is 8.95 Å². The van der Waals surface area contributed by atoms with Gasteiger partial charge >= 0.3 is 17.9 Å². The minimum absolute atomic E-state index is 0.0926. The van der Waals surface area contributed by atoms with Gasteiger partial charge in [0.2, 0.25) is 11.8 Å². The molecule has 2 amide bonds. The molecular weight excluding hydrogens is 616 g/mol. The molecule has 0 atom stereocenters. The number of ether oxygens (including phenoxy) is 1. The molecule has 4 N–H and O–H groups in total. The van der Waals surface area contributed by atoms with Crippen molar-refractivity contribution in [3.05, 3.63) is 67.6 Å². The largest absolute Gasteiger partial charge is 0.478 e. The van der Waals surface area contributed by atoms with Crippen LogP contribution in [0.2, 0.25) is 0 Å². The number of halogens is 2. The number of esters is 1. The van der Waals surface area contributed by atoms with Crippen LogP contribution in [0.4, 0.5) is 11.4 Å². The first-order valence-corrected chi connectivity index (χ1v) is 12.3. The Kier molecular flexibility index (Phi) is 12.7. The van der Waals surface area contributed by atoms with Gasteiger partial charge in [-0.2, -0.15) is 0 Å². The van der Waals surface area contributed by atoms with Gasteiger partial charge in [-0.1, -0.05) is 33.6 Å². The van der Waals surface area contributed by atoms with Crippen molar-refractivity contribution in [2.45, 2.75) is 34.1 Å². The fourth-order valence-corrected chi connectivity index (χ4v) is 4.41. The number of aryl methyl sites for hydroxylation is 3. The lowest BCUT2D eigenvalue weighted by molar-refractivity contribution is -0.145. The zero-order valence-electron chi connectivity index (χ0n) is 20.5. The van der Waals surface area contributed by atoms with E-state index >= 15 is 0 Å². The third kappa shape index (κ3) is 11.0. The summed E-state index contributed by atoms with van der Waals surface area (Å²) in [5, 5.41) is 22.6. The quantitative estimate of drug-likeness (QED) is 0.178. The van der Waals surface area contributed by atoms with Crippen LogP contribution in [0.5, 0.6) is 0 Å². The summed E-state index contributed by atoms with van der Waals surface area (Å²) in [4.78, 5) is 55.7. The van der Waals surface area contributed by atoms with Gasteiger partial charge < -0.3 is 25.6 Å². The molecule has 0 saturated carbocycles. The molecule has 0 heterocycles. The molecule has 0 saturated heterocycles. The van der Waals surface area contributed by atoms with E-state index in [-0.39, 0.29) is 17.9 Å². The second-order valence-corrected chi connectivity index (χ2v) is 9.35. The van der Waals surface area contributed by atoms with E-state index in [9.17, 15) is 24.0 Å². The zero-order chi connectivity index (χ0) is 28.3. The number of aliphatic carboxylic acids is 1. The fraction of sp³-hybridized carbons (Fsp3) is 0.240. The van der Waals surface area contributed by atoms with Crippen LogP contribution in [0.25, 0.3) is 0 Å². The number of hydrogen-bond acceptors (Lipinski definition) is 6. The van der Waals surface area contributed by atoms with Gasteiger partial charge in [-0.25, -0.2) is 9.59 Å². The summed E-state index contributed by atoms with van der Waals surface area (Å²) >= 11 is 6.33. The Balaban J connectivity index is 0.000000375. The van der Waals surface area contributed by atoms with E-state index in [1.54, 1.807) is 13.0 Å². The van der Waals surface area contributed by atoms with Crippen molar-refractivity contribution in [3.63, 3.8) is 0 Å². The molecule has 12 heteroatoms. The normalized spacial score (nSPS) is 10.2. The third-order valence-electron chi connectivity index (χ3n) is 4.46. The molecule has 0 aromatic heterocycles. The van der Waals surface area contributed by atoms with E-state index in [1.807, 2.05) is 32.9 Å². The Bertz CT molecular complexity index is 1220. The maximum atomic E-state index is 11.7. The number of carboxylic acids is 2. The lowest BCUT2D eigenvalue weighted by Gasteiger charge is -2.11. The number of carbonyl (C=O) groups excluding carboxylic acids is 3. The number of benzene rings is 2. The molecule has 0 unspecified atom stereocenters. The number of hydrogen-bond donors (Lipinski definition) is 4. The number of nitrogens with one attached hydrogen (secondary N) is 2. The average molecular weight is 642 g/mol. The highest BCUT2D eigenvalue weighted by molar-refractivity contribution is 9.11. The Hall–Kier alpha value is -3.51. The summed E-state index contributed by atoms with van der Waals surface area (Å²) in [5.41, 5.74) is 3.77. The standard InChI is InChI=1S/C13H15NO3.C12H11Br2NO5/c1-8-6-9(2)13(10(3)7-8)14-11(15)4-5-12(16)17;1-2-20-10(17)5-9(16)15-11-7(12(18)19)3-6(13)4-8(11)14/h4-7H,1-3H3,(H,14,15)(H,16,17);3-4H,2,5H2,1H3,(H,15,16)(H,18,19)/b5-4-;. The molecule has 10 nitrogen and oxygen atoms in total.